The Morgan fingerprint density at radius 2 is 1.92 bits per heavy atom. The molecule has 2 aromatic rings. The van der Waals surface area contributed by atoms with E-state index < -0.39 is 29.2 Å². The summed E-state index contributed by atoms with van der Waals surface area (Å²) in [5.41, 5.74) is -1.32. The second kappa shape index (κ2) is 7.42. The van der Waals surface area contributed by atoms with Crippen LogP contribution in [0.3, 0.4) is 0 Å². The molecule has 0 aliphatic heterocycles. The lowest BCUT2D eigenvalue weighted by Crippen LogP contribution is -2.32. The van der Waals surface area contributed by atoms with Gasteiger partial charge >= 0.3 is 6.18 Å². The molecular formula is C17H17F3N2O3. The maximum absolute atomic E-state index is 12.8. The van der Waals surface area contributed by atoms with E-state index in [0.29, 0.717) is 30.3 Å². The van der Waals surface area contributed by atoms with Gasteiger partial charge in [-0.25, -0.2) is 0 Å². The molecular weight excluding hydrogens is 337 g/mol. The molecule has 0 saturated carbocycles. The van der Waals surface area contributed by atoms with Crippen LogP contribution >= 0.6 is 0 Å². The Kier molecular flexibility index (Phi) is 5.51. The Labute approximate surface area is 142 Å². The summed E-state index contributed by atoms with van der Waals surface area (Å²) in [6.07, 6.45) is -3.96. The number of halogens is 3. The first kappa shape index (κ1) is 18.6. The molecule has 5 nitrogen and oxygen atoms in total. The highest BCUT2D eigenvalue weighted by Gasteiger charge is 2.32. The number of hydrogen-bond acceptors (Lipinski definition) is 3. The van der Waals surface area contributed by atoms with Crippen molar-refractivity contribution >= 4 is 11.6 Å². The lowest BCUT2D eigenvalue weighted by atomic mass is 10.2. The van der Waals surface area contributed by atoms with Crippen molar-refractivity contribution < 1.29 is 22.7 Å². The van der Waals surface area contributed by atoms with Crippen LogP contribution in [0, 0.1) is 0 Å². The second-order valence-electron chi connectivity index (χ2n) is 5.26. The highest BCUT2D eigenvalue weighted by atomic mass is 19.4. The minimum absolute atomic E-state index is 0.376. The Morgan fingerprint density at radius 3 is 2.56 bits per heavy atom. The van der Waals surface area contributed by atoms with Gasteiger partial charge in [0.1, 0.15) is 11.8 Å². The zero-order valence-electron chi connectivity index (χ0n) is 13.6. The molecule has 1 aromatic carbocycles. The summed E-state index contributed by atoms with van der Waals surface area (Å²) >= 11 is 0. The Bertz CT molecular complexity index is 815. The summed E-state index contributed by atoms with van der Waals surface area (Å²) in [6, 6.07) is 7.00. The van der Waals surface area contributed by atoms with Crippen molar-refractivity contribution in [3.63, 3.8) is 0 Å². The van der Waals surface area contributed by atoms with Crippen LogP contribution in [0.1, 0.15) is 25.5 Å². The number of rotatable bonds is 5. The van der Waals surface area contributed by atoms with E-state index in [2.05, 4.69) is 5.32 Å². The van der Waals surface area contributed by atoms with E-state index >= 15 is 0 Å². The first-order valence-electron chi connectivity index (χ1n) is 7.56. The quantitative estimate of drug-likeness (QED) is 0.894. The van der Waals surface area contributed by atoms with E-state index in [1.165, 1.54) is 6.92 Å². The fourth-order valence-corrected chi connectivity index (χ4v) is 2.19. The fourth-order valence-electron chi connectivity index (χ4n) is 2.19. The molecule has 1 atom stereocenters. The normalized spacial score (nSPS) is 12.5. The van der Waals surface area contributed by atoms with E-state index in [9.17, 15) is 22.8 Å². The molecule has 0 bridgehead atoms. The maximum Gasteiger partial charge on any atom is 0.417 e. The summed E-state index contributed by atoms with van der Waals surface area (Å²) in [6.45, 7) is 3.51. The zero-order chi connectivity index (χ0) is 18.6. The van der Waals surface area contributed by atoms with Crippen LogP contribution in [0.4, 0.5) is 18.9 Å². The van der Waals surface area contributed by atoms with Crippen molar-refractivity contribution in [1.82, 2.24) is 4.57 Å². The van der Waals surface area contributed by atoms with Gasteiger partial charge in [0.15, 0.2) is 0 Å². The lowest BCUT2D eigenvalue weighted by Gasteiger charge is -2.18. The average molecular weight is 354 g/mol. The molecule has 0 spiro atoms. The molecule has 2 rings (SSSR count). The van der Waals surface area contributed by atoms with Gasteiger partial charge in [-0.05, 0) is 32.0 Å². The molecule has 0 fully saturated rings. The smallest absolute Gasteiger partial charge is 0.417 e. The summed E-state index contributed by atoms with van der Waals surface area (Å²) in [5, 5.41) is 2.57. The molecule has 8 heteroatoms. The number of carbonyl (C=O) groups is 1. The third-order valence-corrected chi connectivity index (χ3v) is 3.51. The molecule has 0 radical (unpaired) electrons. The number of amides is 1. The van der Waals surface area contributed by atoms with Gasteiger partial charge in [-0.3, -0.25) is 9.59 Å². The molecule has 1 amide bonds. The van der Waals surface area contributed by atoms with Gasteiger partial charge in [-0.15, -0.1) is 0 Å². The van der Waals surface area contributed by atoms with Crippen molar-refractivity contribution in [2.45, 2.75) is 26.1 Å². The Morgan fingerprint density at radius 1 is 1.24 bits per heavy atom. The van der Waals surface area contributed by atoms with Gasteiger partial charge < -0.3 is 14.6 Å². The summed E-state index contributed by atoms with van der Waals surface area (Å²) in [7, 11) is 0. The summed E-state index contributed by atoms with van der Waals surface area (Å²) < 4.78 is 44.6. The van der Waals surface area contributed by atoms with Crippen molar-refractivity contribution in [3.05, 3.63) is 58.5 Å². The predicted octanol–water partition coefficient (Wildman–Crippen LogP) is 3.47. The summed E-state index contributed by atoms with van der Waals surface area (Å²) in [4.78, 5) is 24.2. The van der Waals surface area contributed by atoms with Crippen LogP contribution in [-0.2, 0) is 11.0 Å². The van der Waals surface area contributed by atoms with Gasteiger partial charge in [0.2, 0.25) is 5.91 Å². The number of carbonyl (C=O) groups excluding carboxylic acids is 1. The molecule has 25 heavy (non-hydrogen) atoms. The molecule has 1 N–H and O–H groups in total. The molecule has 0 saturated heterocycles. The second-order valence-corrected chi connectivity index (χ2v) is 5.26. The highest BCUT2D eigenvalue weighted by molar-refractivity contribution is 5.94. The van der Waals surface area contributed by atoms with E-state index in [1.54, 1.807) is 31.2 Å². The molecule has 0 aliphatic carbocycles. The number of nitrogens with zero attached hydrogens (tertiary/aromatic N) is 1. The minimum Gasteiger partial charge on any atom is -0.492 e. The molecule has 0 aliphatic rings. The molecule has 1 unspecified atom stereocenters. The first-order valence-corrected chi connectivity index (χ1v) is 7.56. The lowest BCUT2D eigenvalue weighted by molar-refractivity contribution is -0.138. The Hall–Kier alpha value is -2.77. The van der Waals surface area contributed by atoms with Crippen LogP contribution < -0.4 is 15.6 Å². The van der Waals surface area contributed by atoms with Crippen molar-refractivity contribution in [3.8, 4) is 5.75 Å². The van der Waals surface area contributed by atoms with Crippen LogP contribution in [0.25, 0.3) is 0 Å². The third-order valence-electron chi connectivity index (χ3n) is 3.51. The van der Waals surface area contributed by atoms with Crippen molar-refractivity contribution in [2.24, 2.45) is 0 Å². The van der Waals surface area contributed by atoms with Crippen molar-refractivity contribution in [1.29, 1.82) is 0 Å². The highest BCUT2D eigenvalue weighted by Crippen LogP contribution is 2.29. The number of nitrogens with one attached hydrogen (secondary N) is 1. The summed E-state index contributed by atoms with van der Waals surface area (Å²) in [5.74, 6) is -0.199. The topological polar surface area (TPSA) is 60.3 Å². The monoisotopic (exact) mass is 354 g/mol. The largest absolute Gasteiger partial charge is 0.492 e. The zero-order valence-corrected chi connectivity index (χ0v) is 13.6. The number of alkyl halides is 3. The number of hydrogen-bond donors (Lipinski definition) is 1. The first-order chi connectivity index (χ1) is 11.7. The predicted molar refractivity (Wildman–Crippen MR) is 86.7 cm³/mol. The van der Waals surface area contributed by atoms with E-state index in [0.717, 1.165) is 10.6 Å². The number of ether oxygens (including phenoxy) is 1. The fraction of sp³-hybridized carbons (Fsp3) is 0.294. The van der Waals surface area contributed by atoms with E-state index in [4.69, 9.17) is 4.74 Å². The average Bonchev–Trinajstić information content (AvgIpc) is 2.55. The molecule has 1 heterocycles. The molecule has 1 aromatic heterocycles. The van der Waals surface area contributed by atoms with Gasteiger partial charge in [0, 0.05) is 12.3 Å². The SMILES string of the molecule is CCOc1ccccc1NC(=O)C(C)n1cc(C(F)(F)F)ccc1=O. The van der Waals surface area contributed by atoms with Crippen LogP contribution in [-0.4, -0.2) is 17.1 Å². The van der Waals surface area contributed by atoms with Gasteiger partial charge in [0.25, 0.3) is 5.56 Å². The number of anilines is 1. The standard InChI is InChI=1S/C17H17F3N2O3/c1-3-25-14-7-5-4-6-13(14)21-16(24)11(2)22-10-12(17(18,19)20)8-9-15(22)23/h4-11H,3H2,1-2H3,(H,21,24). The van der Waals surface area contributed by atoms with Crippen LogP contribution in [0.15, 0.2) is 47.4 Å². The van der Waals surface area contributed by atoms with Gasteiger partial charge in [-0.2, -0.15) is 13.2 Å². The molecule has 134 valence electrons. The minimum atomic E-state index is -4.60. The van der Waals surface area contributed by atoms with Gasteiger partial charge in [0.05, 0.1) is 17.9 Å². The Balaban J connectivity index is 2.28. The number of para-hydroxylation sites is 2. The maximum atomic E-state index is 12.8. The van der Waals surface area contributed by atoms with E-state index in [1.807, 2.05) is 0 Å². The number of pyridine rings is 1. The number of aromatic nitrogens is 1. The van der Waals surface area contributed by atoms with Crippen molar-refractivity contribution in [2.75, 3.05) is 11.9 Å². The number of benzene rings is 1. The van der Waals surface area contributed by atoms with Crippen LogP contribution in [0.5, 0.6) is 5.75 Å². The third kappa shape index (κ3) is 4.40. The van der Waals surface area contributed by atoms with Gasteiger partial charge in [-0.1, -0.05) is 12.1 Å². The van der Waals surface area contributed by atoms with Crippen LogP contribution in [0.2, 0.25) is 0 Å². The van der Waals surface area contributed by atoms with E-state index in [-0.39, 0.29) is 0 Å².